The summed E-state index contributed by atoms with van der Waals surface area (Å²) in [6, 6.07) is 9.30. The minimum atomic E-state index is -1.23. The topological polar surface area (TPSA) is 75.4 Å². The van der Waals surface area contributed by atoms with Crippen molar-refractivity contribution in [1.82, 2.24) is 14.5 Å². The van der Waals surface area contributed by atoms with Gasteiger partial charge in [-0.05, 0) is 80.8 Å². The number of carbonyl (C=O) groups is 1. The van der Waals surface area contributed by atoms with Gasteiger partial charge in [-0.1, -0.05) is 31.4 Å². The minimum absolute atomic E-state index is 0.0468. The summed E-state index contributed by atoms with van der Waals surface area (Å²) in [6.45, 7) is 0. The minimum Gasteiger partial charge on any atom is -0.476 e. The van der Waals surface area contributed by atoms with Crippen LogP contribution in [-0.4, -0.2) is 43.7 Å². The fraction of sp³-hybridized carbons (Fsp3) is 0.667. The molecular formula is C27H33N3O3. The molecule has 4 unspecified atom stereocenters. The van der Waals surface area contributed by atoms with E-state index in [4.69, 9.17) is 0 Å². The van der Waals surface area contributed by atoms with Crippen molar-refractivity contribution in [3.63, 3.8) is 0 Å². The van der Waals surface area contributed by atoms with Crippen molar-refractivity contribution in [2.75, 3.05) is 0 Å². The van der Waals surface area contributed by atoms with Crippen LogP contribution in [0.2, 0.25) is 0 Å². The van der Waals surface area contributed by atoms with E-state index in [1.165, 1.54) is 57.8 Å². The van der Waals surface area contributed by atoms with Crippen molar-refractivity contribution in [3.8, 4) is 0 Å². The van der Waals surface area contributed by atoms with E-state index in [2.05, 4.69) is 9.88 Å². The highest BCUT2D eigenvalue weighted by Gasteiger charge is 2.62. The van der Waals surface area contributed by atoms with Gasteiger partial charge < -0.3 is 9.67 Å². The summed E-state index contributed by atoms with van der Waals surface area (Å²) >= 11 is 0. The molecule has 3 heterocycles. The number of rotatable bonds is 3. The maximum atomic E-state index is 13.3. The van der Waals surface area contributed by atoms with Crippen molar-refractivity contribution >= 4 is 17.0 Å². The Balaban J connectivity index is 1.23. The standard InChI is InChI=1S/C27H33N3O3/c31-25-24(26(32)33)28-22-8-1-2-9-23(22)30(25)19-11-17-6-3-7-18(12-19)29(17)20-13-21-16-5-4-10-27(21,14-16)15-20/h1-2,8-9,16-21H,3-7,10-15H2,(H,32,33)/t16?,17-,18+,19?,20-,21?,27?/m0/s1. The molecule has 33 heavy (non-hydrogen) atoms. The molecule has 2 aromatic rings. The molecule has 7 atom stereocenters. The fourth-order valence-corrected chi connectivity index (χ4v) is 9.17. The van der Waals surface area contributed by atoms with Gasteiger partial charge in [0.05, 0.1) is 11.0 Å². The number of hydrogen-bond donors (Lipinski definition) is 1. The number of nitrogens with zero attached hydrogens (tertiary/aromatic N) is 3. The predicted octanol–water partition coefficient (Wildman–Crippen LogP) is 4.62. The monoisotopic (exact) mass is 447 g/mol. The van der Waals surface area contributed by atoms with Gasteiger partial charge >= 0.3 is 5.97 Å². The van der Waals surface area contributed by atoms with Crippen molar-refractivity contribution in [2.24, 2.45) is 17.3 Å². The molecule has 2 aliphatic heterocycles. The fourth-order valence-electron chi connectivity index (χ4n) is 9.17. The van der Waals surface area contributed by atoms with Gasteiger partial charge in [0.25, 0.3) is 5.56 Å². The maximum Gasteiger partial charge on any atom is 0.360 e. The number of fused-ring (bicyclic) bond motifs is 3. The molecule has 2 saturated heterocycles. The second kappa shape index (κ2) is 7.14. The van der Waals surface area contributed by atoms with Crippen molar-refractivity contribution in [3.05, 3.63) is 40.3 Å². The highest BCUT2D eigenvalue weighted by atomic mass is 16.4. The lowest BCUT2D eigenvalue weighted by atomic mass is 9.49. The molecule has 5 fully saturated rings. The number of carboxylic acids is 1. The Morgan fingerprint density at radius 1 is 0.970 bits per heavy atom. The number of hydrogen-bond acceptors (Lipinski definition) is 4. The lowest BCUT2D eigenvalue weighted by Crippen LogP contribution is -2.56. The molecule has 1 N–H and O–H groups in total. The van der Waals surface area contributed by atoms with Crippen LogP contribution in [-0.2, 0) is 0 Å². The molecular weight excluding hydrogens is 414 g/mol. The van der Waals surface area contributed by atoms with E-state index in [9.17, 15) is 14.7 Å². The Hall–Kier alpha value is -2.21. The maximum absolute atomic E-state index is 13.3. The third-order valence-electron chi connectivity index (χ3n) is 10.2. The molecule has 0 amide bonds. The highest BCUT2D eigenvalue weighted by molar-refractivity contribution is 5.88. The normalized spacial score (nSPS) is 39.8. The zero-order valence-electron chi connectivity index (χ0n) is 19.2. The van der Waals surface area contributed by atoms with Crippen LogP contribution in [0.5, 0.6) is 0 Å². The number of aromatic carboxylic acids is 1. The van der Waals surface area contributed by atoms with Crippen LogP contribution in [0.3, 0.4) is 0 Å². The molecule has 174 valence electrons. The van der Waals surface area contributed by atoms with Crippen LogP contribution in [0.15, 0.2) is 29.1 Å². The number of benzene rings is 1. The summed E-state index contributed by atoms with van der Waals surface area (Å²) in [4.78, 5) is 32.2. The molecule has 6 heteroatoms. The van der Waals surface area contributed by atoms with Gasteiger partial charge in [-0.25, -0.2) is 9.78 Å². The van der Waals surface area contributed by atoms with Gasteiger partial charge in [0, 0.05) is 24.2 Å². The van der Waals surface area contributed by atoms with E-state index in [1.807, 2.05) is 24.3 Å². The van der Waals surface area contributed by atoms with Gasteiger partial charge in [0.1, 0.15) is 0 Å². The molecule has 0 radical (unpaired) electrons. The first-order chi connectivity index (χ1) is 16.0. The summed E-state index contributed by atoms with van der Waals surface area (Å²) in [5.74, 6) is 0.737. The second-order valence-corrected chi connectivity index (χ2v) is 11.7. The first-order valence-corrected chi connectivity index (χ1v) is 13.1. The number of piperidine rings is 2. The molecule has 6 nitrogen and oxygen atoms in total. The summed E-state index contributed by atoms with van der Waals surface area (Å²) < 4.78 is 1.79. The predicted molar refractivity (Wildman–Crippen MR) is 125 cm³/mol. The SMILES string of the molecule is O=C(O)c1nc2ccccc2n(C2C[C@H]3CCC[C@@H](C2)N3[C@H]2CC3C4CCCC3(C4)C2)c1=O. The smallest absolute Gasteiger partial charge is 0.360 e. The Morgan fingerprint density at radius 2 is 1.76 bits per heavy atom. The molecule has 0 spiro atoms. The average Bonchev–Trinajstić information content (AvgIpc) is 3.11. The first-order valence-electron chi connectivity index (χ1n) is 13.1. The lowest BCUT2D eigenvalue weighted by molar-refractivity contribution is -0.0664. The largest absolute Gasteiger partial charge is 0.476 e. The van der Waals surface area contributed by atoms with Crippen molar-refractivity contribution < 1.29 is 9.90 Å². The molecule has 1 aromatic heterocycles. The van der Waals surface area contributed by atoms with Crippen LogP contribution in [0.4, 0.5) is 0 Å². The van der Waals surface area contributed by atoms with E-state index in [0.29, 0.717) is 23.0 Å². The highest BCUT2D eigenvalue weighted by Crippen LogP contribution is 2.68. The van der Waals surface area contributed by atoms with Crippen molar-refractivity contribution in [1.29, 1.82) is 0 Å². The molecule has 7 rings (SSSR count). The Kier molecular flexibility index (Phi) is 4.37. The van der Waals surface area contributed by atoms with Crippen LogP contribution in [0, 0.1) is 17.3 Å². The quantitative estimate of drug-likeness (QED) is 0.743. The summed E-state index contributed by atoms with van der Waals surface area (Å²) in [5.41, 5.74) is 1.24. The van der Waals surface area contributed by atoms with Gasteiger partial charge in [-0.15, -0.1) is 0 Å². The van der Waals surface area contributed by atoms with E-state index >= 15 is 0 Å². The van der Waals surface area contributed by atoms with Gasteiger partial charge in [-0.2, -0.15) is 0 Å². The number of para-hydroxylation sites is 2. The Labute approximate surface area is 194 Å². The van der Waals surface area contributed by atoms with E-state index in [1.54, 1.807) is 4.57 Å². The second-order valence-electron chi connectivity index (χ2n) is 11.7. The van der Waals surface area contributed by atoms with Crippen LogP contribution >= 0.6 is 0 Å². The summed E-state index contributed by atoms with van der Waals surface area (Å²) in [5, 5.41) is 9.64. The number of carboxylic acid groups (broad SMARTS) is 1. The molecule has 3 saturated carbocycles. The van der Waals surface area contributed by atoms with Gasteiger partial charge in [-0.3, -0.25) is 9.69 Å². The van der Waals surface area contributed by atoms with Crippen LogP contribution in [0.25, 0.3) is 11.0 Å². The van der Waals surface area contributed by atoms with E-state index in [0.717, 1.165) is 36.2 Å². The van der Waals surface area contributed by atoms with E-state index < -0.39 is 11.5 Å². The molecule has 5 aliphatic rings. The molecule has 1 aromatic carbocycles. The van der Waals surface area contributed by atoms with E-state index in [-0.39, 0.29) is 11.7 Å². The molecule has 4 bridgehead atoms. The summed E-state index contributed by atoms with van der Waals surface area (Å²) in [6.07, 6.45) is 14.2. The average molecular weight is 448 g/mol. The van der Waals surface area contributed by atoms with Gasteiger partial charge in [0.2, 0.25) is 5.69 Å². The Bertz CT molecular complexity index is 1170. The lowest BCUT2D eigenvalue weighted by Gasteiger charge is -2.56. The Morgan fingerprint density at radius 3 is 2.48 bits per heavy atom. The third kappa shape index (κ3) is 2.85. The number of aromatic nitrogens is 2. The zero-order valence-corrected chi connectivity index (χ0v) is 19.2. The molecule has 3 aliphatic carbocycles. The zero-order chi connectivity index (χ0) is 22.3. The summed E-state index contributed by atoms with van der Waals surface area (Å²) in [7, 11) is 0. The van der Waals surface area contributed by atoms with Crippen LogP contribution in [0.1, 0.15) is 87.2 Å². The third-order valence-corrected chi connectivity index (χ3v) is 10.2. The van der Waals surface area contributed by atoms with Crippen LogP contribution < -0.4 is 5.56 Å². The first kappa shape index (κ1) is 20.2. The van der Waals surface area contributed by atoms with Gasteiger partial charge in [0.15, 0.2) is 0 Å². The van der Waals surface area contributed by atoms with Crippen molar-refractivity contribution in [2.45, 2.75) is 94.8 Å².